The van der Waals surface area contributed by atoms with Gasteiger partial charge in [-0.25, -0.2) is 0 Å². The summed E-state index contributed by atoms with van der Waals surface area (Å²) in [6.45, 7) is 5.64. The van der Waals surface area contributed by atoms with Gasteiger partial charge in [0.1, 0.15) is 0 Å². The van der Waals surface area contributed by atoms with E-state index < -0.39 is 0 Å². The highest BCUT2D eigenvalue weighted by molar-refractivity contribution is 7.81. The van der Waals surface area contributed by atoms with Gasteiger partial charge in [-0.3, -0.25) is 4.79 Å². The van der Waals surface area contributed by atoms with E-state index in [1.54, 1.807) is 0 Å². The molecule has 1 aliphatic carbocycles. The highest BCUT2D eigenvalue weighted by Gasteiger charge is 2.23. The van der Waals surface area contributed by atoms with Crippen molar-refractivity contribution in [3.8, 4) is 0 Å². The van der Waals surface area contributed by atoms with Crippen LogP contribution < -0.4 is 0 Å². The van der Waals surface area contributed by atoms with Gasteiger partial charge in [-0.1, -0.05) is 6.42 Å². The molecular weight excluding hydrogens is 182 g/mol. The Balaban J connectivity index is 2.36. The van der Waals surface area contributed by atoms with Crippen molar-refractivity contribution in [3.63, 3.8) is 0 Å². The maximum atomic E-state index is 11.6. The fourth-order valence-corrected chi connectivity index (χ4v) is 1.79. The van der Waals surface area contributed by atoms with Gasteiger partial charge < -0.3 is 4.90 Å². The summed E-state index contributed by atoms with van der Waals surface area (Å²) in [5.41, 5.74) is 0. The Morgan fingerprint density at radius 3 is 2.54 bits per heavy atom. The van der Waals surface area contributed by atoms with Crippen LogP contribution in [0.25, 0.3) is 0 Å². The van der Waals surface area contributed by atoms with E-state index in [4.69, 9.17) is 0 Å². The van der Waals surface area contributed by atoms with Crippen molar-refractivity contribution in [2.75, 3.05) is 13.1 Å². The summed E-state index contributed by atoms with van der Waals surface area (Å²) in [7, 11) is 0. The maximum absolute atomic E-state index is 11.6. The Hall–Kier alpha value is -0.180. The van der Waals surface area contributed by atoms with E-state index >= 15 is 0 Å². The zero-order valence-electron chi connectivity index (χ0n) is 8.49. The van der Waals surface area contributed by atoms with E-state index in [9.17, 15) is 4.79 Å². The molecule has 1 amide bonds. The Labute approximate surface area is 86.1 Å². The summed E-state index contributed by atoms with van der Waals surface area (Å²) in [5.74, 6) is 0.939. The number of hydrogen-bond acceptors (Lipinski definition) is 2. The highest BCUT2D eigenvalue weighted by Crippen LogP contribution is 2.27. The second-order valence-corrected chi connectivity index (χ2v) is 4.62. The van der Waals surface area contributed by atoms with Crippen LogP contribution in [0.1, 0.15) is 33.1 Å². The molecule has 1 fully saturated rings. The van der Waals surface area contributed by atoms with Crippen LogP contribution in [0.3, 0.4) is 0 Å². The molecule has 13 heavy (non-hydrogen) atoms. The fraction of sp³-hybridized carbons (Fsp3) is 0.900. The summed E-state index contributed by atoms with van der Waals surface area (Å²) >= 11 is 4.16. The van der Waals surface area contributed by atoms with Crippen LogP contribution >= 0.6 is 12.6 Å². The smallest absolute Gasteiger partial charge is 0.235 e. The van der Waals surface area contributed by atoms with E-state index in [1.807, 2.05) is 18.7 Å². The molecule has 0 aliphatic heterocycles. The second kappa shape index (κ2) is 4.89. The molecule has 0 spiro atoms. The third-order valence-electron chi connectivity index (χ3n) is 2.75. The first-order valence-corrected chi connectivity index (χ1v) is 5.63. The molecule has 1 unspecified atom stereocenters. The highest BCUT2D eigenvalue weighted by atomic mass is 32.1. The number of nitrogens with zero attached hydrogens (tertiary/aromatic N) is 1. The Bertz CT molecular complexity index is 178. The molecule has 0 radical (unpaired) electrons. The van der Waals surface area contributed by atoms with Crippen molar-refractivity contribution < 1.29 is 4.79 Å². The van der Waals surface area contributed by atoms with Crippen molar-refractivity contribution in [1.29, 1.82) is 0 Å². The van der Waals surface area contributed by atoms with Crippen LogP contribution in [0.15, 0.2) is 0 Å². The molecule has 1 rings (SSSR count). The lowest BCUT2D eigenvalue weighted by Gasteiger charge is -2.32. The third-order valence-corrected chi connectivity index (χ3v) is 2.97. The van der Waals surface area contributed by atoms with Crippen LogP contribution in [0, 0.1) is 5.92 Å². The minimum absolute atomic E-state index is 0.153. The van der Waals surface area contributed by atoms with Crippen LogP contribution in [-0.4, -0.2) is 29.1 Å². The molecule has 0 bridgehead atoms. The second-order valence-electron chi connectivity index (χ2n) is 3.85. The van der Waals surface area contributed by atoms with E-state index in [2.05, 4.69) is 12.6 Å². The average Bonchev–Trinajstić information content (AvgIpc) is 2.02. The first-order chi connectivity index (χ1) is 6.15. The summed E-state index contributed by atoms with van der Waals surface area (Å²) < 4.78 is 0. The zero-order chi connectivity index (χ0) is 9.84. The molecule has 2 nitrogen and oxygen atoms in total. The molecule has 0 N–H and O–H groups in total. The molecule has 0 aromatic carbocycles. The maximum Gasteiger partial charge on any atom is 0.235 e. The predicted molar refractivity (Wildman–Crippen MR) is 58.0 cm³/mol. The standard InChI is InChI=1S/C10H19NOS/c1-3-11(10(12)8(2)13)7-9-5-4-6-9/h8-9,13H,3-7H2,1-2H3. The summed E-state index contributed by atoms with van der Waals surface area (Å²) in [5, 5.41) is -0.153. The summed E-state index contributed by atoms with van der Waals surface area (Å²) in [4.78, 5) is 13.5. The molecule has 0 aromatic rings. The number of rotatable bonds is 4. The van der Waals surface area contributed by atoms with Crippen molar-refractivity contribution in [2.45, 2.75) is 38.4 Å². The molecule has 0 saturated heterocycles. The van der Waals surface area contributed by atoms with E-state index in [1.165, 1.54) is 19.3 Å². The number of amides is 1. The molecule has 76 valence electrons. The number of carbonyl (C=O) groups is 1. The lowest BCUT2D eigenvalue weighted by Crippen LogP contribution is -2.40. The van der Waals surface area contributed by atoms with E-state index in [-0.39, 0.29) is 11.2 Å². The fourth-order valence-electron chi connectivity index (χ4n) is 1.63. The van der Waals surface area contributed by atoms with Gasteiger partial charge in [0.05, 0.1) is 5.25 Å². The molecule has 1 aliphatic rings. The number of hydrogen-bond donors (Lipinski definition) is 1. The quantitative estimate of drug-likeness (QED) is 0.689. The van der Waals surface area contributed by atoms with Gasteiger partial charge >= 0.3 is 0 Å². The number of thiol groups is 1. The predicted octanol–water partition coefficient (Wildman–Crippen LogP) is 1.95. The van der Waals surface area contributed by atoms with E-state index in [0.717, 1.165) is 19.0 Å². The van der Waals surface area contributed by atoms with Crippen molar-refractivity contribution in [2.24, 2.45) is 5.92 Å². The van der Waals surface area contributed by atoms with Gasteiger partial charge in [-0.05, 0) is 32.6 Å². The largest absolute Gasteiger partial charge is 0.342 e. The summed E-state index contributed by atoms with van der Waals surface area (Å²) in [6, 6.07) is 0. The van der Waals surface area contributed by atoms with Crippen molar-refractivity contribution in [1.82, 2.24) is 4.90 Å². The molecule has 0 aromatic heterocycles. The first kappa shape index (κ1) is 10.9. The molecule has 1 atom stereocenters. The van der Waals surface area contributed by atoms with Gasteiger partial charge in [0.2, 0.25) is 5.91 Å². The van der Waals surface area contributed by atoms with Crippen LogP contribution in [0.4, 0.5) is 0 Å². The third kappa shape index (κ3) is 2.90. The molecule has 1 saturated carbocycles. The van der Waals surface area contributed by atoms with Gasteiger partial charge in [0.15, 0.2) is 0 Å². The average molecular weight is 201 g/mol. The van der Waals surface area contributed by atoms with Crippen molar-refractivity contribution in [3.05, 3.63) is 0 Å². The SMILES string of the molecule is CCN(CC1CCC1)C(=O)C(C)S. The Kier molecular flexibility index (Phi) is 4.10. The van der Waals surface area contributed by atoms with Gasteiger partial charge in [0.25, 0.3) is 0 Å². The van der Waals surface area contributed by atoms with Gasteiger partial charge in [-0.15, -0.1) is 0 Å². The molecular formula is C10H19NOS. The minimum Gasteiger partial charge on any atom is -0.342 e. The van der Waals surface area contributed by atoms with Crippen molar-refractivity contribution >= 4 is 18.5 Å². The van der Waals surface area contributed by atoms with Crippen LogP contribution in [0.2, 0.25) is 0 Å². The van der Waals surface area contributed by atoms with Crippen LogP contribution in [-0.2, 0) is 4.79 Å². The minimum atomic E-state index is -0.153. The zero-order valence-corrected chi connectivity index (χ0v) is 9.39. The van der Waals surface area contributed by atoms with E-state index in [0.29, 0.717) is 0 Å². The lowest BCUT2D eigenvalue weighted by molar-refractivity contribution is -0.131. The van der Waals surface area contributed by atoms with Gasteiger partial charge in [-0.2, -0.15) is 12.6 Å². The van der Waals surface area contributed by atoms with Crippen LogP contribution in [0.5, 0.6) is 0 Å². The summed E-state index contributed by atoms with van der Waals surface area (Å²) in [6.07, 6.45) is 3.93. The first-order valence-electron chi connectivity index (χ1n) is 5.12. The Morgan fingerprint density at radius 2 is 2.23 bits per heavy atom. The van der Waals surface area contributed by atoms with Gasteiger partial charge in [0, 0.05) is 13.1 Å². The molecule has 0 heterocycles. The topological polar surface area (TPSA) is 20.3 Å². The monoisotopic (exact) mass is 201 g/mol. The number of carbonyl (C=O) groups excluding carboxylic acids is 1. The Morgan fingerprint density at radius 1 is 1.62 bits per heavy atom. The molecule has 3 heteroatoms. The lowest BCUT2D eigenvalue weighted by atomic mass is 9.85. The normalized spacial score (nSPS) is 19.3.